The molecule has 3 aromatic rings. The van der Waals surface area contributed by atoms with Crippen molar-refractivity contribution in [1.29, 1.82) is 0 Å². The molecule has 23 heavy (non-hydrogen) atoms. The molecule has 2 aromatic carbocycles. The van der Waals surface area contributed by atoms with Crippen molar-refractivity contribution in [3.05, 3.63) is 50.8 Å². The van der Waals surface area contributed by atoms with Crippen LogP contribution in [0.2, 0.25) is 5.02 Å². The van der Waals surface area contributed by atoms with Gasteiger partial charge in [0.15, 0.2) is 0 Å². The van der Waals surface area contributed by atoms with E-state index in [2.05, 4.69) is 21.1 Å². The summed E-state index contributed by atoms with van der Waals surface area (Å²) < 4.78 is 21.5. The average Bonchev–Trinajstić information content (AvgIpc) is 2.85. The number of carboxylic acids is 1. The van der Waals surface area contributed by atoms with E-state index in [0.29, 0.717) is 16.1 Å². The van der Waals surface area contributed by atoms with E-state index in [1.165, 1.54) is 6.07 Å². The van der Waals surface area contributed by atoms with Crippen LogP contribution >= 0.6 is 27.5 Å². The second-order valence-corrected chi connectivity index (χ2v) is 8.84. The third-order valence-corrected chi connectivity index (χ3v) is 7.47. The van der Waals surface area contributed by atoms with Crippen LogP contribution < -0.4 is 8.70 Å². The minimum absolute atomic E-state index is 0.0144. The minimum atomic E-state index is -1.31. The van der Waals surface area contributed by atoms with Crippen molar-refractivity contribution >= 4 is 68.9 Å². The summed E-state index contributed by atoms with van der Waals surface area (Å²) in [5.74, 6) is -1.85. The van der Waals surface area contributed by atoms with E-state index < -0.39 is 27.5 Å². The Morgan fingerprint density at radius 1 is 1.43 bits per heavy atom. The molecule has 0 aliphatic heterocycles. The molecule has 0 aliphatic carbocycles. The fourth-order valence-electron chi connectivity index (χ4n) is 2.17. The number of rotatable bonds is 3. The molecule has 1 aromatic heterocycles. The van der Waals surface area contributed by atoms with Crippen molar-refractivity contribution in [3.63, 3.8) is 0 Å². The van der Waals surface area contributed by atoms with Gasteiger partial charge in [-0.2, -0.15) is 0 Å². The van der Waals surface area contributed by atoms with Gasteiger partial charge in [0.25, 0.3) is 0 Å². The number of nitrogens with zero attached hydrogens (tertiary/aromatic N) is 1. The Kier molecular flexibility index (Phi) is 4.49. The number of aryl methyl sites for hydroxylation is 1. The van der Waals surface area contributed by atoms with Crippen LogP contribution in [0, 0.1) is 12.7 Å². The van der Waals surface area contributed by atoms with Crippen molar-refractivity contribution in [1.82, 2.24) is 5.16 Å². The first-order valence-corrected chi connectivity index (χ1v) is 9.69. The van der Waals surface area contributed by atoms with Crippen LogP contribution in [0.5, 0.6) is 0 Å². The van der Waals surface area contributed by atoms with Gasteiger partial charge in [-0.1, -0.05) is 0 Å². The van der Waals surface area contributed by atoms with Gasteiger partial charge in [-0.05, 0) is 0 Å². The predicted octanol–water partition coefficient (Wildman–Crippen LogP) is 2.78. The molecule has 0 saturated carbocycles. The van der Waals surface area contributed by atoms with Crippen LogP contribution in [0.4, 0.5) is 4.39 Å². The molecule has 4 nitrogen and oxygen atoms in total. The van der Waals surface area contributed by atoms with E-state index in [-0.39, 0.29) is 15.5 Å². The molecule has 0 spiro atoms. The van der Waals surface area contributed by atoms with Crippen molar-refractivity contribution < 1.29 is 18.8 Å². The summed E-state index contributed by atoms with van der Waals surface area (Å²) in [6, 6.07) is 6.68. The van der Waals surface area contributed by atoms with Crippen LogP contribution in [0.15, 0.2) is 33.3 Å². The van der Waals surface area contributed by atoms with E-state index in [9.17, 15) is 14.3 Å². The van der Waals surface area contributed by atoms with E-state index in [1.807, 2.05) is 0 Å². The fourth-order valence-corrected chi connectivity index (χ4v) is 5.53. The summed E-state index contributed by atoms with van der Waals surface area (Å²) in [4.78, 5) is 11.5. The summed E-state index contributed by atoms with van der Waals surface area (Å²) in [5, 5.41) is 14.0. The van der Waals surface area contributed by atoms with Gasteiger partial charge in [-0.15, -0.1) is 0 Å². The molecule has 0 bridgehead atoms. The predicted molar refractivity (Wildman–Crippen MR) is 91.2 cm³/mol. The summed E-state index contributed by atoms with van der Waals surface area (Å²) in [7, 11) is 0. The maximum atomic E-state index is 14.8. The van der Waals surface area contributed by atoms with E-state index in [4.69, 9.17) is 16.1 Å². The van der Waals surface area contributed by atoms with Gasteiger partial charge >= 0.3 is 151 Å². The summed E-state index contributed by atoms with van der Waals surface area (Å²) >= 11 is 8.18. The molecule has 8 heteroatoms. The van der Waals surface area contributed by atoms with Gasteiger partial charge in [-0.25, -0.2) is 0 Å². The van der Waals surface area contributed by atoms with Crippen molar-refractivity contribution in [3.8, 4) is 0 Å². The topological polar surface area (TPSA) is 63.3 Å². The number of carboxylic acid groups (broad SMARTS) is 1. The van der Waals surface area contributed by atoms with Crippen LogP contribution in [0.25, 0.3) is 11.0 Å². The molecule has 0 aliphatic rings. The van der Waals surface area contributed by atoms with Gasteiger partial charge in [0.05, 0.1) is 0 Å². The zero-order chi connectivity index (χ0) is 16.7. The third-order valence-electron chi connectivity index (χ3n) is 3.31. The fraction of sp³-hybridized carbons (Fsp3) is 0.0667. The molecule has 0 saturated heterocycles. The van der Waals surface area contributed by atoms with Crippen molar-refractivity contribution in [2.75, 3.05) is 0 Å². The third kappa shape index (κ3) is 3.03. The van der Waals surface area contributed by atoms with Gasteiger partial charge in [-0.3, -0.25) is 0 Å². The van der Waals surface area contributed by atoms with Gasteiger partial charge in [0, 0.05) is 0 Å². The molecule has 1 unspecified atom stereocenters. The monoisotopic (exact) mass is 459 g/mol. The number of aromatic carboxylic acids is 1. The number of hydrogen-bond donors (Lipinski definition) is 1. The standard InChI is InChI=1S/C15H9AsBrClFNO3/c1-6-8-5-9(15(21)22)12(13(19)14(8)23-20-6)16-10-3-2-7(17)4-11(10)18/h2-5,16H,1H3,(H,21,22). The Balaban J connectivity index is 2.21. The second-order valence-electron chi connectivity index (χ2n) is 4.81. The number of halogens is 3. The molecule has 1 atom stereocenters. The molecule has 1 N–H and O–H groups in total. The first-order chi connectivity index (χ1) is 10.9. The first kappa shape index (κ1) is 16.5. The Labute approximate surface area is 150 Å². The van der Waals surface area contributed by atoms with Crippen LogP contribution in [0.1, 0.15) is 16.1 Å². The Hall–Kier alpha value is -1.36. The van der Waals surface area contributed by atoms with Gasteiger partial charge in [0.1, 0.15) is 0 Å². The van der Waals surface area contributed by atoms with Gasteiger partial charge in [0.2, 0.25) is 0 Å². The zero-order valence-electron chi connectivity index (χ0n) is 11.7. The molecule has 3 rings (SSSR count). The Morgan fingerprint density at radius 3 is 2.83 bits per heavy atom. The normalized spacial score (nSPS) is 11.7. The number of aromatic nitrogens is 1. The van der Waals surface area contributed by atoms with Crippen LogP contribution in [-0.4, -0.2) is 32.0 Å². The quantitative estimate of drug-likeness (QED) is 0.611. The van der Waals surface area contributed by atoms with E-state index >= 15 is 0 Å². The van der Waals surface area contributed by atoms with Crippen LogP contribution in [0.3, 0.4) is 0 Å². The molecule has 1 heterocycles. The molecule has 0 radical (unpaired) electrons. The summed E-state index contributed by atoms with van der Waals surface area (Å²) in [5.41, 5.74) is 0.370. The zero-order valence-corrected chi connectivity index (χ0v) is 16.1. The summed E-state index contributed by atoms with van der Waals surface area (Å²) in [6.07, 6.45) is 0. The Morgan fingerprint density at radius 2 is 2.17 bits per heavy atom. The number of hydrogen-bond acceptors (Lipinski definition) is 3. The number of benzene rings is 2. The molecule has 0 fully saturated rings. The van der Waals surface area contributed by atoms with Gasteiger partial charge < -0.3 is 0 Å². The number of fused-ring (bicyclic) bond motifs is 1. The first-order valence-electron chi connectivity index (χ1n) is 6.42. The van der Waals surface area contributed by atoms with E-state index in [0.717, 1.165) is 8.82 Å². The SMILES string of the molecule is Cc1noc2c(F)c([AsH]c3ccc(Br)cc3Cl)c(C(=O)O)cc12. The molecular formula is C15H9AsBrClFNO3. The second kappa shape index (κ2) is 6.27. The summed E-state index contributed by atoms with van der Waals surface area (Å²) in [6.45, 7) is 1.64. The van der Waals surface area contributed by atoms with E-state index in [1.54, 1.807) is 25.1 Å². The molecular weight excluding hydrogens is 451 g/mol. The molecule has 118 valence electrons. The van der Waals surface area contributed by atoms with Crippen molar-refractivity contribution in [2.24, 2.45) is 0 Å². The number of carbonyl (C=O) groups is 1. The van der Waals surface area contributed by atoms with Crippen molar-refractivity contribution in [2.45, 2.75) is 6.92 Å². The Bertz CT molecular complexity index is 944. The average molecular weight is 461 g/mol. The van der Waals surface area contributed by atoms with Crippen LogP contribution in [-0.2, 0) is 0 Å². The maximum absolute atomic E-state index is 14.8. The molecule has 0 amide bonds.